The number of nitrogens with zero attached hydrogens (tertiary/aromatic N) is 5. The number of anilines is 2. The van der Waals surface area contributed by atoms with Crippen LogP contribution in [-0.2, 0) is 6.42 Å². The van der Waals surface area contributed by atoms with Crippen LogP contribution < -0.4 is 11.1 Å². The molecule has 0 fully saturated rings. The maximum atomic E-state index is 13.1. The van der Waals surface area contributed by atoms with E-state index >= 15 is 0 Å². The minimum atomic E-state index is -0.560. The van der Waals surface area contributed by atoms with Gasteiger partial charge in [-0.25, -0.2) is 9.07 Å². The minimum Gasteiger partial charge on any atom is -0.384 e. The van der Waals surface area contributed by atoms with Crippen molar-refractivity contribution in [3.63, 3.8) is 0 Å². The molecule has 0 unspecified atom stereocenters. The van der Waals surface area contributed by atoms with Crippen molar-refractivity contribution in [1.82, 2.24) is 9.78 Å². The van der Waals surface area contributed by atoms with Gasteiger partial charge in [-0.15, -0.1) is 0 Å². The van der Waals surface area contributed by atoms with Crippen molar-refractivity contribution in [2.75, 3.05) is 17.6 Å². The summed E-state index contributed by atoms with van der Waals surface area (Å²) < 4.78 is 14.5. The van der Waals surface area contributed by atoms with Crippen LogP contribution in [0.15, 0.2) is 42.5 Å². The summed E-state index contributed by atoms with van der Waals surface area (Å²) in [5.74, 6) is -0.214. The fourth-order valence-corrected chi connectivity index (χ4v) is 2.93. The lowest BCUT2D eigenvalue weighted by atomic mass is 10.1. The zero-order chi connectivity index (χ0) is 21.7. The van der Waals surface area contributed by atoms with Crippen molar-refractivity contribution in [2.24, 2.45) is 0 Å². The van der Waals surface area contributed by atoms with E-state index in [-0.39, 0.29) is 28.4 Å². The van der Waals surface area contributed by atoms with E-state index in [1.54, 1.807) is 0 Å². The second-order valence-corrected chi connectivity index (χ2v) is 6.34. The van der Waals surface area contributed by atoms with Crippen LogP contribution in [-0.4, -0.2) is 21.2 Å². The number of non-ortho nitro benzene ring substituents is 1. The molecule has 0 bridgehead atoms. The number of aryl methyl sites for hydroxylation is 1. The average molecular weight is 405 g/mol. The van der Waals surface area contributed by atoms with Gasteiger partial charge in [0.05, 0.1) is 27.6 Å². The SMILES string of the molecule is N#Cc1cc([N+](=O)[O-])ccc1NCCCc1nn(-c2ccc(F)cc2)c(N)c1C#N. The Morgan fingerprint density at radius 1 is 1.20 bits per heavy atom. The van der Waals surface area contributed by atoms with E-state index in [1.165, 1.54) is 47.1 Å². The van der Waals surface area contributed by atoms with Crippen molar-refractivity contribution in [3.05, 3.63) is 75.2 Å². The Kier molecular flexibility index (Phi) is 5.89. The molecule has 3 N–H and O–H groups in total. The Bertz CT molecular complexity index is 1170. The minimum absolute atomic E-state index is 0.155. The van der Waals surface area contributed by atoms with Crippen molar-refractivity contribution >= 4 is 17.2 Å². The fraction of sp³-hybridized carbons (Fsp3) is 0.150. The number of rotatable bonds is 7. The van der Waals surface area contributed by atoms with Crippen LogP contribution in [0.3, 0.4) is 0 Å². The number of aromatic nitrogens is 2. The number of nitrogen functional groups attached to an aromatic ring is 1. The number of halogens is 1. The quantitative estimate of drug-likeness (QED) is 0.348. The maximum Gasteiger partial charge on any atom is 0.270 e. The molecule has 0 spiro atoms. The van der Waals surface area contributed by atoms with Crippen LogP contribution in [0.1, 0.15) is 23.2 Å². The molecule has 0 saturated carbocycles. The van der Waals surface area contributed by atoms with Gasteiger partial charge < -0.3 is 11.1 Å². The molecule has 10 heteroatoms. The molecule has 9 nitrogen and oxygen atoms in total. The van der Waals surface area contributed by atoms with Crippen molar-refractivity contribution in [3.8, 4) is 17.8 Å². The molecule has 0 radical (unpaired) electrons. The van der Waals surface area contributed by atoms with Crippen LogP contribution in [0.2, 0.25) is 0 Å². The van der Waals surface area contributed by atoms with Gasteiger partial charge in [0.2, 0.25) is 0 Å². The summed E-state index contributed by atoms with van der Waals surface area (Å²) in [5, 5.41) is 36.9. The smallest absolute Gasteiger partial charge is 0.270 e. The molecule has 1 aromatic heterocycles. The zero-order valence-electron chi connectivity index (χ0n) is 15.7. The normalized spacial score (nSPS) is 10.2. The highest BCUT2D eigenvalue weighted by Crippen LogP contribution is 2.23. The molecule has 0 aliphatic heterocycles. The summed E-state index contributed by atoms with van der Waals surface area (Å²) >= 11 is 0. The number of benzene rings is 2. The number of nitro benzene ring substituents is 1. The molecule has 150 valence electrons. The molecule has 30 heavy (non-hydrogen) atoms. The van der Waals surface area contributed by atoms with E-state index in [9.17, 15) is 25.0 Å². The van der Waals surface area contributed by atoms with Gasteiger partial charge >= 0.3 is 0 Å². The van der Waals surface area contributed by atoms with E-state index in [4.69, 9.17) is 5.73 Å². The highest BCUT2D eigenvalue weighted by molar-refractivity contribution is 5.61. The molecule has 0 saturated heterocycles. The van der Waals surface area contributed by atoms with Gasteiger partial charge in [-0.1, -0.05) is 0 Å². The maximum absolute atomic E-state index is 13.1. The molecule has 0 amide bonds. The highest BCUT2D eigenvalue weighted by Gasteiger charge is 2.16. The van der Waals surface area contributed by atoms with Crippen LogP contribution in [0.4, 0.5) is 21.6 Å². The molecule has 0 aliphatic rings. The molecular formula is C20H16FN7O2. The molecule has 3 rings (SSSR count). The second kappa shape index (κ2) is 8.71. The fourth-order valence-electron chi connectivity index (χ4n) is 2.93. The van der Waals surface area contributed by atoms with Crippen LogP contribution >= 0.6 is 0 Å². The molecule has 0 atom stereocenters. The number of hydrogen-bond acceptors (Lipinski definition) is 7. The van der Waals surface area contributed by atoms with Gasteiger partial charge in [0.25, 0.3) is 5.69 Å². The van der Waals surface area contributed by atoms with Gasteiger partial charge in [0.1, 0.15) is 29.3 Å². The highest BCUT2D eigenvalue weighted by atomic mass is 19.1. The molecule has 2 aromatic carbocycles. The molecular weight excluding hydrogens is 389 g/mol. The first kappa shape index (κ1) is 20.3. The Labute approximate surface area is 170 Å². The Morgan fingerprint density at radius 3 is 2.57 bits per heavy atom. The van der Waals surface area contributed by atoms with Crippen LogP contribution in [0.5, 0.6) is 0 Å². The van der Waals surface area contributed by atoms with Gasteiger partial charge in [0, 0.05) is 18.7 Å². The van der Waals surface area contributed by atoms with E-state index < -0.39 is 4.92 Å². The predicted octanol–water partition coefficient (Wildman–Crippen LogP) is 3.29. The lowest BCUT2D eigenvalue weighted by Gasteiger charge is -2.07. The lowest BCUT2D eigenvalue weighted by Crippen LogP contribution is -2.06. The summed E-state index contributed by atoms with van der Waals surface area (Å²) in [6, 6.07) is 13.6. The Hall–Kier alpha value is -4.44. The third-order valence-electron chi connectivity index (χ3n) is 4.42. The Balaban J connectivity index is 1.69. The number of nitrogens with one attached hydrogen (secondary N) is 1. The molecule has 3 aromatic rings. The van der Waals surface area contributed by atoms with Gasteiger partial charge in [-0.2, -0.15) is 15.6 Å². The summed E-state index contributed by atoms with van der Waals surface area (Å²) in [7, 11) is 0. The predicted molar refractivity (Wildman–Crippen MR) is 107 cm³/mol. The summed E-state index contributed by atoms with van der Waals surface area (Å²) in [5.41, 5.74) is 7.84. The van der Waals surface area contributed by atoms with Crippen molar-refractivity contribution in [2.45, 2.75) is 12.8 Å². The second-order valence-electron chi connectivity index (χ2n) is 6.34. The average Bonchev–Trinajstić information content (AvgIpc) is 3.06. The van der Waals surface area contributed by atoms with Crippen LogP contribution in [0.25, 0.3) is 5.69 Å². The summed E-state index contributed by atoms with van der Waals surface area (Å²) in [4.78, 5) is 10.3. The monoisotopic (exact) mass is 405 g/mol. The topological polar surface area (TPSA) is 147 Å². The van der Waals surface area contributed by atoms with E-state index in [0.29, 0.717) is 36.5 Å². The van der Waals surface area contributed by atoms with Crippen molar-refractivity contribution < 1.29 is 9.31 Å². The largest absolute Gasteiger partial charge is 0.384 e. The van der Waals surface area contributed by atoms with E-state index in [0.717, 1.165) is 0 Å². The number of nitriles is 2. The van der Waals surface area contributed by atoms with Gasteiger partial charge in [0.15, 0.2) is 0 Å². The van der Waals surface area contributed by atoms with Crippen molar-refractivity contribution in [1.29, 1.82) is 10.5 Å². The summed E-state index contributed by atoms with van der Waals surface area (Å²) in [6.07, 6.45) is 1.000. The van der Waals surface area contributed by atoms with Crippen LogP contribution in [0, 0.1) is 38.6 Å². The van der Waals surface area contributed by atoms with Gasteiger partial charge in [-0.3, -0.25) is 10.1 Å². The number of nitro groups is 1. The first-order chi connectivity index (χ1) is 14.4. The number of hydrogen-bond donors (Lipinski definition) is 2. The zero-order valence-corrected chi connectivity index (χ0v) is 15.7. The Morgan fingerprint density at radius 2 is 1.93 bits per heavy atom. The van der Waals surface area contributed by atoms with Gasteiger partial charge in [-0.05, 0) is 43.2 Å². The molecule has 0 aliphatic carbocycles. The first-order valence-corrected chi connectivity index (χ1v) is 8.90. The standard InChI is InChI=1S/C20H16FN7O2/c21-14-3-5-15(6-4-14)27-20(24)17(12-23)19(26-27)2-1-9-25-18-8-7-16(28(29)30)10-13(18)11-22/h3-8,10,25H,1-2,9,24H2. The molecule has 1 heterocycles. The summed E-state index contributed by atoms with van der Waals surface area (Å²) in [6.45, 7) is 0.445. The third-order valence-corrected chi connectivity index (χ3v) is 4.42. The van der Waals surface area contributed by atoms with E-state index in [2.05, 4.69) is 10.4 Å². The lowest BCUT2D eigenvalue weighted by molar-refractivity contribution is -0.384. The van der Waals surface area contributed by atoms with E-state index in [1.807, 2.05) is 12.1 Å². The third kappa shape index (κ3) is 4.18. The first-order valence-electron chi connectivity index (χ1n) is 8.90. The number of nitrogens with two attached hydrogens (primary N) is 1.